The lowest BCUT2D eigenvalue weighted by molar-refractivity contribution is -0.137. The van der Waals surface area contributed by atoms with Gasteiger partial charge >= 0.3 is 6.18 Å². The highest BCUT2D eigenvalue weighted by atomic mass is 19.4. The number of alkyl halides is 3. The number of terminal acetylenes is 1. The predicted octanol–water partition coefficient (Wildman–Crippen LogP) is 4.49. The number of hydrogen-bond donors (Lipinski definition) is 2. The minimum absolute atomic E-state index is 0.0252. The first-order chi connectivity index (χ1) is 16.6. The summed E-state index contributed by atoms with van der Waals surface area (Å²) in [6.45, 7) is 5.26. The number of halogens is 3. The molecule has 1 atom stereocenters. The average molecular weight is 486 g/mol. The molecule has 4 rings (SSSR count). The molecule has 0 saturated carbocycles. The van der Waals surface area contributed by atoms with Gasteiger partial charge in [-0.1, -0.05) is 5.92 Å². The van der Waals surface area contributed by atoms with Crippen molar-refractivity contribution in [1.29, 1.82) is 0 Å². The number of benzene rings is 2. The van der Waals surface area contributed by atoms with E-state index in [0.29, 0.717) is 59.2 Å². The van der Waals surface area contributed by atoms with Crippen molar-refractivity contribution in [3.8, 4) is 18.1 Å². The van der Waals surface area contributed by atoms with E-state index in [0.717, 1.165) is 12.1 Å². The molecule has 10 heteroatoms. The zero-order valence-electron chi connectivity index (χ0n) is 19.3. The molecular weight excluding hydrogens is 461 g/mol. The Labute approximate surface area is 200 Å². The maximum atomic E-state index is 13.3. The molecule has 1 aliphatic heterocycles. The van der Waals surface area contributed by atoms with E-state index in [2.05, 4.69) is 21.2 Å². The summed E-state index contributed by atoms with van der Waals surface area (Å²) in [5, 5.41) is 3.81. The van der Waals surface area contributed by atoms with Crippen LogP contribution in [0.1, 0.15) is 35.5 Å². The fraction of sp³-hybridized carbons (Fsp3) is 0.360. The van der Waals surface area contributed by atoms with Crippen LogP contribution in [0.15, 0.2) is 30.3 Å². The Hall–Kier alpha value is -3.55. The zero-order valence-corrected chi connectivity index (χ0v) is 19.3. The first kappa shape index (κ1) is 24.6. The van der Waals surface area contributed by atoms with Gasteiger partial charge in [-0.15, -0.1) is 6.42 Å². The lowest BCUT2D eigenvalue weighted by Crippen LogP contribution is -2.37. The second-order valence-electron chi connectivity index (χ2n) is 8.26. The molecule has 2 heterocycles. The highest BCUT2D eigenvalue weighted by Gasteiger charge is 2.31. The number of nitrogens with one attached hydrogen (secondary N) is 1. The average Bonchev–Trinajstić information content (AvgIpc) is 2.76. The zero-order chi connectivity index (χ0) is 25.2. The second kappa shape index (κ2) is 9.98. The number of nitrogens with two attached hydrogens (primary N) is 1. The number of aryl methyl sites for hydroxylation is 1. The van der Waals surface area contributed by atoms with Crippen LogP contribution in [-0.4, -0.2) is 42.5 Å². The van der Waals surface area contributed by atoms with E-state index in [1.165, 1.54) is 6.07 Å². The fourth-order valence-electron chi connectivity index (χ4n) is 3.67. The standard InChI is InChI=1S/C25H25F3N4O3/c1-4-16-9-22-21(11-23(16)35-6-5-34-20-12-33-13-20)24(32-15(3)31-22)30-14(2)17-7-18(25(26,27)28)10-19(29)8-17/h1,7-11,14,20H,5-6,12-13,29H2,2-3H3,(H,30,31,32)/t14-/m1/s1. The lowest BCUT2D eigenvalue weighted by Gasteiger charge is -2.25. The number of nitrogens with zero attached hydrogens (tertiary/aromatic N) is 2. The molecule has 0 unspecified atom stereocenters. The summed E-state index contributed by atoms with van der Waals surface area (Å²) < 4.78 is 56.4. The van der Waals surface area contributed by atoms with Gasteiger partial charge in [-0.3, -0.25) is 0 Å². The van der Waals surface area contributed by atoms with Crippen LogP contribution in [0, 0.1) is 19.3 Å². The van der Waals surface area contributed by atoms with Gasteiger partial charge < -0.3 is 25.3 Å². The molecule has 3 aromatic rings. The molecule has 35 heavy (non-hydrogen) atoms. The van der Waals surface area contributed by atoms with Gasteiger partial charge in [-0.05, 0) is 49.7 Å². The van der Waals surface area contributed by atoms with E-state index in [-0.39, 0.29) is 18.4 Å². The van der Waals surface area contributed by atoms with Crippen LogP contribution in [0.4, 0.5) is 24.7 Å². The van der Waals surface area contributed by atoms with E-state index in [1.54, 1.807) is 26.0 Å². The van der Waals surface area contributed by atoms with Crippen LogP contribution in [0.2, 0.25) is 0 Å². The number of anilines is 2. The number of rotatable bonds is 8. The molecule has 7 nitrogen and oxygen atoms in total. The van der Waals surface area contributed by atoms with Gasteiger partial charge in [0, 0.05) is 11.1 Å². The minimum atomic E-state index is -4.50. The molecule has 1 aromatic heterocycles. The van der Waals surface area contributed by atoms with Gasteiger partial charge in [0.15, 0.2) is 0 Å². The Morgan fingerprint density at radius 1 is 1.20 bits per heavy atom. The van der Waals surface area contributed by atoms with E-state index in [9.17, 15) is 13.2 Å². The van der Waals surface area contributed by atoms with Gasteiger partial charge in [0.2, 0.25) is 0 Å². The van der Waals surface area contributed by atoms with Crippen molar-refractivity contribution in [2.24, 2.45) is 0 Å². The molecule has 0 bridgehead atoms. The van der Waals surface area contributed by atoms with Crippen LogP contribution in [0.5, 0.6) is 5.75 Å². The van der Waals surface area contributed by atoms with Crippen molar-refractivity contribution in [3.63, 3.8) is 0 Å². The van der Waals surface area contributed by atoms with Crippen LogP contribution >= 0.6 is 0 Å². The first-order valence-corrected chi connectivity index (χ1v) is 11.0. The fourth-order valence-corrected chi connectivity index (χ4v) is 3.67. The monoisotopic (exact) mass is 486 g/mol. The Kier molecular flexibility index (Phi) is 7.00. The second-order valence-corrected chi connectivity index (χ2v) is 8.26. The van der Waals surface area contributed by atoms with Crippen molar-refractivity contribution in [1.82, 2.24) is 9.97 Å². The van der Waals surface area contributed by atoms with Crippen molar-refractivity contribution in [3.05, 3.63) is 52.8 Å². The topological polar surface area (TPSA) is 91.5 Å². The maximum absolute atomic E-state index is 13.3. The van der Waals surface area contributed by atoms with E-state index in [4.69, 9.17) is 26.4 Å². The summed E-state index contributed by atoms with van der Waals surface area (Å²) in [4.78, 5) is 8.93. The summed E-state index contributed by atoms with van der Waals surface area (Å²) in [7, 11) is 0. The van der Waals surface area contributed by atoms with Gasteiger partial charge in [-0.25, -0.2) is 9.97 Å². The van der Waals surface area contributed by atoms with Gasteiger partial charge in [0.25, 0.3) is 0 Å². The highest BCUT2D eigenvalue weighted by Crippen LogP contribution is 2.35. The van der Waals surface area contributed by atoms with Gasteiger partial charge in [-0.2, -0.15) is 13.2 Å². The van der Waals surface area contributed by atoms with Crippen molar-refractivity contribution < 1.29 is 27.4 Å². The molecule has 0 spiro atoms. The third-order valence-corrected chi connectivity index (χ3v) is 5.52. The predicted molar refractivity (Wildman–Crippen MR) is 126 cm³/mol. The summed E-state index contributed by atoms with van der Waals surface area (Å²) in [6.07, 6.45) is 1.26. The summed E-state index contributed by atoms with van der Waals surface area (Å²) in [5.41, 5.74) is 6.43. The maximum Gasteiger partial charge on any atom is 0.416 e. The van der Waals surface area contributed by atoms with Gasteiger partial charge in [0.1, 0.15) is 30.1 Å². The molecule has 1 saturated heterocycles. The van der Waals surface area contributed by atoms with Crippen molar-refractivity contribution >= 4 is 22.4 Å². The smallest absolute Gasteiger partial charge is 0.416 e. The molecule has 3 N–H and O–H groups in total. The van der Waals surface area contributed by atoms with E-state index >= 15 is 0 Å². The lowest BCUT2D eigenvalue weighted by atomic mass is 10.0. The molecule has 0 radical (unpaired) electrons. The summed E-state index contributed by atoms with van der Waals surface area (Å²) >= 11 is 0. The van der Waals surface area contributed by atoms with Crippen LogP contribution in [0.25, 0.3) is 10.9 Å². The van der Waals surface area contributed by atoms with Crippen molar-refractivity contribution in [2.45, 2.75) is 32.2 Å². The van der Waals surface area contributed by atoms with E-state index < -0.39 is 17.8 Å². The number of fused-ring (bicyclic) bond motifs is 1. The van der Waals surface area contributed by atoms with Crippen molar-refractivity contribution in [2.75, 3.05) is 37.5 Å². The molecule has 2 aromatic carbocycles. The Bertz CT molecular complexity index is 1270. The van der Waals surface area contributed by atoms with Crippen LogP contribution < -0.4 is 15.8 Å². The van der Waals surface area contributed by atoms with Crippen LogP contribution in [-0.2, 0) is 15.7 Å². The Morgan fingerprint density at radius 2 is 1.97 bits per heavy atom. The minimum Gasteiger partial charge on any atom is -0.490 e. The number of ether oxygens (including phenoxy) is 3. The molecule has 1 aliphatic rings. The third-order valence-electron chi connectivity index (χ3n) is 5.52. The number of hydrogen-bond acceptors (Lipinski definition) is 7. The highest BCUT2D eigenvalue weighted by molar-refractivity contribution is 5.92. The first-order valence-electron chi connectivity index (χ1n) is 11.0. The molecule has 1 fully saturated rings. The quantitative estimate of drug-likeness (QED) is 0.275. The molecule has 0 amide bonds. The molecular formula is C25H25F3N4O3. The molecule has 0 aliphatic carbocycles. The van der Waals surface area contributed by atoms with Gasteiger partial charge in [0.05, 0.1) is 42.5 Å². The summed E-state index contributed by atoms with van der Waals surface area (Å²) in [5.74, 6) is 3.98. The Balaban J connectivity index is 1.61. The normalized spacial score (nSPS) is 14.9. The summed E-state index contributed by atoms with van der Waals surface area (Å²) in [6, 6.07) is 6.40. The number of aromatic nitrogens is 2. The van der Waals surface area contributed by atoms with E-state index in [1.807, 2.05) is 0 Å². The molecule has 184 valence electrons. The third kappa shape index (κ3) is 5.75. The Morgan fingerprint density at radius 3 is 2.63 bits per heavy atom. The number of nitrogen functional groups attached to an aromatic ring is 1. The largest absolute Gasteiger partial charge is 0.490 e. The van der Waals surface area contributed by atoms with Crippen LogP contribution in [0.3, 0.4) is 0 Å². The SMILES string of the molecule is C#Cc1cc2nc(C)nc(N[C@H](C)c3cc(N)cc(C(F)(F)F)c3)c2cc1OCCOC1COC1.